The molecule has 2 rings (SSSR count). The van der Waals surface area contributed by atoms with E-state index < -0.39 is 0 Å². The maximum absolute atomic E-state index is 11.9. The van der Waals surface area contributed by atoms with Crippen molar-refractivity contribution >= 4 is 6.03 Å². The number of aliphatic hydroxyl groups is 1. The second-order valence-electron chi connectivity index (χ2n) is 5.52. The Morgan fingerprint density at radius 3 is 2.41 bits per heavy atom. The molecule has 2 saturated carbocycles. The summed E-state index contributed by atoms with van der Waals surface area (Å²) in [7, 11) is 1.91. The summed E-state index contributed by atoms with van der Waals surface area (Å²) in [5, 5.41) is 11.9. The Morgan fingerprint density at radius 1 is 1.24 bits per heavy atom. The van der Waals surface area contributed by atoms with Gasteiger partial charge in [-0.1, -0.05) is 0 Å². The molecule has 0 spiro atoms. The second kappa shape index (κ2) is 5.71. The van der Waals surface area contributed by atoms with Crippen molar-refractivity contribution in [2.45, 2.75) is 57.0 Å². The van der Waals surface area contributed by atoms with Crippen molar-refractivity contribution in [1.29, 1.82) is 0 Å². The van der Waals surface area contributed by atoms with Crippen LogP contribution in [0.15, 0.2) is 0 Å². The van der Waals surface area contributed by atoms with E-state index >= 15 is 0 Å². The standard InChI is InChI=1S/C13H24N2O2/c1-15(13(17)14-11-4-5-11)12-6-2-10(3-7-12)8-9-16/h10-12,16H,2-9H2,1H3,(H,14,17). The zero-order valence-corrected chi connectivity index (χ0v) is 10.7. The highest BCUT2D eigenvalue weighted by molar-refractivity contribution is 5.74. The molecule has 2 aliphatic rings. The van der Waals surface area contributed by atoms with Crippen LogP contribution < -0.4 is 5.32 Å². The third-order valence-electron chi connectivity index (χ3n) is 4.13. The predicted octanol–water partition coefficient (Wildman–Crippen LogP) is 1.73. The Kier molecular flexibility index (Phi) is 4.26. The number of carbonyl (C=O) groups excluding carboxylic acids is 1. The zero-order chi connectivity index (χ0) is 12.3. The normalized spacial score (nSPS) is 28.8. The fourth-order valence-corrected chi connectivity index (χ4v) is 2.67. The largest absolute Gasteiger partial charge is 0.396 e. The van der Waals surface area contributed by atoms with Gasteiger partial charge in [0.15, 0.2) is 0 Å². The van der Waals surface area contributed by atoms with Gasteiger partial charge in [0.05, 0.1) is 0 Å². The number of amides is 2. The molecule has 98 valence electrons. The van der Waals surface area contributed by atoms with E-state index in [9.17, 15) is 4.79 Å². The lowest BCUT2D eigenvalue weighted by Gasteiger charge is -2.34. The van der Waals surface area contributed by atoms with Crippen molar-refractivity contribution in [1.82, 2.24) is 10.2 Å². The Labute approximate surface area is 103 Å². The number of carbonyl (C=O) groups is 1. The van der Waals surface area contributed by atoms with E-state index in [1.807, 2.05) is 11.9 Å². The summed E-state index contributed by atoms with van der Waals surface area (Å²) in [6, 6.07) is 0.928. The van der Waals surface area contributed by atoms with E-state index in [2.05, 4.69) is 5.32 Å². The van der Waals surface area contributed by atoms with Crippen LogP contribution in [-0.2, 0) is 0 Å². The SMILES string of the molecule is CN(C(=O)NC1CC1)C1CCC(CCO)CC1. The summed E-state index contributed by atoms with van der Waals surface area (Å²) < 4.78 is 0. The molecule has 0 heterocycles. The Bertz CT molecular complexity index is 258. The number of aliphatic hydroxyl groups excluding tert-OH is 1. The quantitative estimate of drug-likeness (QED) is 0.786. The molecule has 0 unspecified atom stereocenters. The van der Waals surface area contributed by atoms with Gasteiger partial charge in [0, 0.05) is 25.7 Å². The van der Waals surface area contributed by atoms with Crippen LogP contribution in [0.4, 0.5) is 4.79 Å². The van der Waals surface area contributed by atoms with Crippen LogP contribution in [0.1, 0.15) is 44.9 Å². The summed E-state index contributed by atoms with van der Waals surface area (Å²) in [4.78, 5) is 13.8. The molecule has 0 aliphatic heterocycles. The molecule has 2 amide bonds. The monoisotopic (exact) mass is 240 g/mol. The Hall–Kier alpha value is -0.770. The van der Waals surface area contributed by atoms with E-state index in [1.54, 1.807) is 0 Å². The lowest BCUT2D eigenvalue weighted by atomic mass is 9.84. The summed E-state index contributed by atoms with van der Waals surface area (Å²) >= 11 is 0. The van der Waals surface area contributed by atoms with Crippen LogP contribution in [0, 0.1) is 5.92 Å². The zero-order valence-electron chi connectivity index (χ0n) is 10.7. The molecular formula is C13H24N2O2. The van der Waals surface area contributed by atoms with Gasteiger partial charge in [0.2, 0.25) is 0 Å². The van der Waals surface area contributed by atoms with Gasteiger partial charge in [-0.15, -0.1) is 0 Å². The maximum atomic E-state index is 11.9. The molecular weight excluding hydrogens is 216 g/mol. The number of hydrogen-bond donors (Lipinski definition) is 2. The van der Waals surface area contributed by atoms with E-state index in [0.29, 0.717) is 24.6 Å². The molecule has 2 fully saturated rings. The molecule has 2 N–H and O–H groups in total. The Morgan fingerprint density at radius 2 is 1.88 bits per heavy atom. The van der Waals surface area contributed by atoms with E-state index in [1.165, 1.54) is 0 Å². The first-order valence-corrected chi connectivity index (χ1v) is 6.85. The van der Waals surface area contributed by atoms with Crippen molar-refractivity contribution in [2.75, 3.05) is 13.7 Å². The van der Waals surface area contributed by atoms with E-state index in [-0.39, 0.29) is 6.03 Å². The molecule has 2 aliphatic carbocycles. The fourth-order valence-electron chi connectivity index (χ4n) is 2.67. The average molecular weight is 240 g/mol. The molecule has 0 aromatic heterocycles. The lowest BCUT2D eigenvalue weighted by Crippen LogP contribution is -2.45. The first-order valence-electron chi connectivity index (χ1n) is 6.85. The minimum absolute atomic E-state index is 0.0955. The molecule has 0 radical (unpaired) electrons. The first-order chi connectivity index (χ1) is 8.20. The second-order valence-corrected chi connectivity index (χ2v) is 5.52. The molecule has 0 saturated heterocycles. The third kappa shape index (κ3) is 3.60. The highest BCUT2D eigenvalue weighted by Crippen LogP contribution is 2.29. The minimum Gasteiger partial charge on any atom is -0.396 e. The lowest BCUT2D eigenvalue weighted by molar-refractivity contribution is 0.150. The number of nitrogens with zero attached hydrogens (tertiary/aromatic N) is 1. The van der Waals surface area contributed by atoms with Gasteiger partial charge in [-0.25, -0.2) is 4.79 Å². The van der Waals surface area contributed by atoms with Crippen molar-refractivity contribution in [2.24, 2.45) is 5.92 Å². The van der Waals surface area contributed by atoms with Gasteiger partial charge in [-0.2, -0.15) is 0 Å². The van der Waals surface area contributed by atoms with Gasteiger partial charge in [-0.05, 0) is 50.9 Å². The molecule has 4 nitrogen and oxygen atoms in total. The van der Waals surface area contributed by atoms with Crippen LogP contribution in [0.5, 0.6) is 0 Å². The smallest absolute Gasteiger partial charge is 0.317 e. The van der Waals surface area contributed by atoms with Crippen LogP contribution in [0.3, 0.4) is 0 Å². The van der Waals surface area contributed by atoms with Crippen molar-refractivity contribution in [3.05, 3.63) is 0 Å². The van der Waals surface area contributed by atoms with Crippen LogP contribution in [0.25, 0.3) is 0 Å². The fraction of sp³-hybridized carbons (Fsp3) is 0.923. The van der Waals surface area contributed by atoms with Gasteiger partial charge in [0.25, 0.3) is 0 Å². The number of hydrogen-bond acceptors (Lipinski definition) is 2. The highest BCUT2D eigenvalue weighted by atomic mass is 16.3. The Balaban J connectivity index is 1.72. The molecule has 0 aromatic rings. The van der Waals surface area contributed by atoms with Crippen molar-refractivity contribution in [3.63, 3.8) is 0 Å². The van der Waals surface area contributed by atoms with Crippen LogP contribution in [-0.4, -0.2) is 41.8 Å². The molecule has 0 aromatic carbocycles. The summed E-state index contributed by atoms with van der Waals surface area (Å²) in [5.41, 5.74) is 0. The summed E-state index contributed by atoms with van der Waals surface area (Å²) in [5.74, 6) is 0.663. The van der Waals surface area contributed by atoms with Crippen molar-refractivity contribution in [3.8, 4) is 0 Å². The maximum Gasteiger partial charge on any atom is 0.317 e. The average Bonchev–Trinajstić information content (AvgIpc) is 3.13. The minimum atomic E-state index is 0.0955. The number of rotatable bonds is 4. The van der Waals surface area contributed by atoms with Gasteiger partial charge in [0.1, 0.15) is 0 Å². The number of urea groups is 1. The summed E-state index contributed by atoms with van der Waals surface area (Å²) in [6.45, 7) is 0.299. The van der Waals surface area contributed by atoms with E-state index in [4.69, 9.17) is 5.11 Å². The predicted molar refractivity (Wildman–Crippen MR) is 66.8 cm³/mol. The molecule has 4 heteroatoms. The molecule has 0 atom stereocenters. The molecule has 0 bridgehead atoms. The third-order valence-corrected chi connectivity index (χ3v) is 4.13. The van der Waals surface area contributed by atoms with Crippen LogP contribution >= 0.6 is 0 Å². The van der Waals surface area contributed by atoms with Gasteiger partial charge >= 0.3 is 6.03 Å². The molecule has 17 heavy (non-hydrogen) atoms. The van der Waals surface area contributed by atoms with Crippen LogP contribution in [0.2, 0.25) is 0 Å². The topological polar surface area (TPSA) is 52.6 Å². The number of nitrogens with one attached hydrogen (secondary N) is 1. The van der Waals surface area contributed by atoms with E-state index in [0.717, 1.165) is 44.9 Å². The highest BCUT2D eigenvalue weighted by Gasteiger charge is 2.29. The van der Waals surface area contributed by atoms with Gasteiger partial charge in [-0.3, -0.25) is 0 Å². The summed E-state index contributed by atoms with van der Waals surface area (Å²) in [6.07, 6.45) is 7.66. The van der Waals surface area contributed by atoms with Crippen molar-refractivity contribution < 1.29 is 9.90 Å². The van der Waals surface area contributed by atoms with Gasteiger partial charge < -0.3 is 15.3 Å². The first kappa shape index (κ1) is 12.7.